The first kappa shape index (κ1) is 10.4. The summed E-state index contributed by atoms with van der Waals surface area (Å²) in [4.78, 5) is 15.5. The molecule has 0 N–H and O–H groups in total. The van der Waals surface area contributed by atoms with Crippen molar-refractivity contribution in [2.75, 3.05) is 0 Å². The molecule has 16 heavy (non-hydrogen) atoms. The summed E-state index contributed by atoms with van der Waals surface area (Å²) in [5, 5.41) is 0. The zero-order valence-electron chi connectivity index (χ0n) is 8.88. The lowest BCUT2D eigenvalue weighted by Crippen LogP contribution is -1.95. The molecule has 0 aliphatic heterocycles. The van der Waals surface area contributed by atoms with Crippen LogP contribution in [0.3, 0.4) is 0 Å². The fourth-order valence-electron chi connectivity index (χ4n) is 1.44. The van der Waals surface area contributed by atoms with Crippen LogP contribution in [0.5, 0.6) is 0 Å². The fourth-order valence-corrected chi connectivity index (χ4v) is 1.44. The Morgan fingerprint density at radius 1 is 1.31 bits per heavy atom. The Balaban J connectivity index is 2.43. The summed E-state index contributed by atoms with van der Waals surface area (Å²) in [5.74, 6) is 0.671. The number of ketones is 1. The average Bonchev–Trinajstić information content (AvgIpc) is 2.79. The van der Waals surface area contributed by atoms with Crippen molar-refractivity contribution in [1.82, 2.24) is 4.98 Å². The molecule has 0 fully saturated rings. The molecule has 2 aromatic rings. The molecule has 3 nitrogen and oxygen atoms in total. The van der Waals surface area contributed by atoms with Crippen LogP contribution in [0.2, 0.25) is 0 Å². The number of hydrogen-bond donors (Lipinski definition) is 0. The summed E-state index contributed by atoms with van der Waals surface area (Å²) in [6, 6.07) is 7.20. The van der Waals surface area contributed by atoms with Crippen molar-refractivity contribution in [3.05, 3.63) is 54.2 Å². The number of nitrogens with zero attached hydrogens (tertiary/aromatic N) is 1. The Morgan fingerprint density at radius 3 is 2.62 bits per heavy atom. The summed E-state index contributed by atoms with van der Waals surface area (Å²) in [6.07, 6.45) is 6.64. The normalized spacial score (nSPS) is 11.4. The number of carbonyl (C=O) groups is 1. The highest BCUT2D eigenvalue weighted by atomic mass is 16.3. The van der Waals surface area contributed by atoms with Crippen molar-refractivity contribution in [2.24, 2.45) is 0 Å². The molecule has 0 saturated carbocycles. The van der Waals surface area contributed by atoms with Crippen molar-refractivity contribution in [1.29, 1.82) is 0 Å². The number of rotatable bonds is 3. The number of pyridine rings is 1. The number of allylic oxidation sites excluding steroid dienone is 1. The molecular formula is C13H11NO2. The predicted octanol–water partition coefficient (Wildman–Crippen LogP) is 2.80. The Labute approximate surface area is 93.4 Å². The van der Waals surface area contributed by atoms with E-state index in [2.05, 4.69) is 4.98 Å². The second kappa shape index (κ2) is 4.57. The molecule has 2 rings (SSSR count). The zero-order chi connectivity index (χ0) is 11.4. The summed E-state index contributed by atoms with van der Waals surface area (Å²) in [5.41, 5.74) is 1.47. The first-order chi connectivity index (χ1) is 7.77. The number of furan rings is 1. The molecule has 0 unspecified atom stereocenters. The lowest BCUT2D eigenvalue weighted by atomic mass is 10.0. The van der Waals surface area contributed by atoms with Gasteiger partial charge >= 0.3 is 0 Å². The van der Waals surface area contributed by atoms with Gasteiger partial charge in [-0.1, -0.05) is 0 Å². The minimum atomic E-state index is 0.00241. The minimum absolute atomic E-state index is 0.00241. The van der Waals surface area contributed by atoms with Crippen LogP contribution in [0.15, 0.2) is 47.3 Å². The Kier molecular flexibility index (Phi) is 2.96. The van der Waals surface area contributed by atoms with Crippen LogP contribution in [0, 0.1) is 0 Å². The van der Waals surface area contributed by atoms with E-state index < -0.39 is 0 Å². The third kappa shape index (κ3) is 2.25. The molecule has 0 amide bonds. The van der Waals surface area contributed by atoms with Crippen LogP contribution in [-0.4, -0.2) is 10.8 Å². The number of Topliss-reactive ketones (excluding diaryl/α,β-unsaturated/α-hetero) is 1. The molecule has 0 bridgehead atoms. The van der Waals surface area contributed by atoms with Gasteiger partial charge < -0.3 is 4.42 Å². The molecular weight excluding hydrogens is 202 g/mol. The van der Waals surface area contributed by atoms with Crippen LogP contribution in [0.25, 0.3) is 11.6 Å². The van der Waals surface area contributed by atoms with Gasteiger partial charge in [0.15, 0.2) is 5.78 Å². The minimum Gasteiger partial charge on any atom is -0.465 e. The second-order valence-electron chi connectivity index (χ2n) is 3.37. The summed E-state index contributed by atoms with van der Waals surface area (Å²) in [7, 11) is 0. The summed E-state index contributed by atoms with van der Waals surface area (Å²) < 4.78 is 5.19. The van der Waals surface area contributed by atoms with Gasteiger partial charge in [0.1, 0.15) is 5.76 Å². The third-order valence-electron chi connectivity index (χ3n) is 2.20. The van der Waals surface area contributed by atoms with E-state index in [4.69, 9.17) is 4.42 Å². The maximum atomic E-state index is 11.5. The molecule has 0 radical (unpaired) electrons. The van der Waals surface area contributed by atoms with Gasteiger partial charge in [-0.2, -0.15) is 0 Å². The molecule has 80 valence electrons. The second-order valence-corrected chi connectivity index (χ2v) is 3.37. The van der Waals surface area contributed by atoms with E-state index in [9.17, 15) is 4.79 Å². The standard InChI is InChI=1S/C13H11NO2/c1-10(15)13(9-12-3-2-8-16-12)11-4-6-14-7-5-11/h2-9H,1H3. The Morgan fingerprint density at radius 2 is 2.06 bits per heavy atom. The molecule has 0 saturated heterocycles. The highest BCUT2D eigenvalue weighted by molar-refractivity contribution is 6.24. The topological polar surface area (TPSA) is 43.1 Å². The van der Waals surface area contributed by atoms with Crippen LogP contribution in [-0.2, 0) is 4.79 Å². The maximum absolute atomic E-state index is 11.5. The fraction of sp³-hybridized carbons (Fsp3) is 0.0769. The molecule has 2 aromatic heterocycles. The summed E-state index contributed by atoms with van der Waals surface area (Å²) in [6.45, 7) is 1.54. The van der Waals surface area contributed by atoms with Gasteiger partial charge in [0, 0.05) is 18.0 Å². The maximum Gasteiger partial charge on any atom is 0.160 e. The highest BCUT2D eigenvalue weighted by Gasteiger charge is 2.07. The van der Waals surface area contributed by atoms with E-state index in [1.54, 1.807) is 42.9 Å². The first-order valence-corrected chi connectivity index (χ1v) is 4.94. The van der Waals surface area contributed by atoms with Gasteiger partial charge in [-0.05, 0) is 42.8 Å². The summed E-state index contributed by atoms with van der Waals surface area (Å²) >= 11 is 0. The zero-order valence-corrected chi connectivity index (χ0v) is 8.88. The lowest BCUT2D eigenvalue weighted by molar-refractivity contribution is -0.111. The van der Waals surface area contributed by atoms with E-state index in [0.717, 1.165) is 5.56 Å². The average molecular weight is 213 g/mol. The van der Waals surface area contributed by atoms with Gasteiger partial charge in [0.05, 0.1) is 6.26 Å². The van der Waals surface area contributed by atoms with Gasteiger partial charge in [0.2, 0.25) is 0 Å². The van der Waals surface area contributed by atoms with Crippen LogP contribution >= 0.6 is 0 Å². The predicted molar refractivity (Wildman–Crippen MR) is 61.5 cm³/mol. The van der Waals surface area contributed by atoms with E-state index in [-0.39, 0.29) is 5.78 Å². The molecule has 0 spiro atoms. The van der Waals surface area contributed by atoms with Gasteiger partial charge in [0.25, 0.3) is 0 Å². The van der Waals surface area contributed by atoms with Gasteiger partial charge in [-0.3, -0.25) is 9.78 Å². The molecule has 0 aliphatic rings. The third-order valence-corrected chi connectivity index (χ3v) is 2.20. The van der Waals surface area contributed by atoms with E-state index in [0.29, 0.717) is 11.3 Å². The lowest BCUT2D eigenvalue weighted by Gasteiger charge is -2.02. The van der Waals surface area contributed by atoms with Crippen molar-refractivity contribution >= 4 is 17.4 Å². The first-order valence-electron chi connectivity index (χ1n) is 4.94. The van der Waals surface area contributed by atoms with Crippen molar-refractivity contribution in [3.63, 3.8) is 0 Å². The number of carbonyl (C=O) groups excluding carboxylic acids is 1. The van der Waals surface area contributed by atoms with E-state index >= 15 is 0 Å². The van der Waals surface area contributed by atoms with Crippen LogP contribution < -0.4 is 0 Å². The molecule has 2 heterocycles. The van der Waals surface area contributed by atoms with Crippen molar-refractivity contribution in [2.45, 2.75) is 6.92 Å². The molecule has 0 aromatic carbocycles. The van der Waals surface area contributed by atoms with Gasteiger partial charge in [-0.15, -0.1) is 0 Å². The van der Waals surface area contributed by atoms with Crippen LogP contribution in [0.1, 0.15) is 18.2 Å². The SMILES string of the molecule is CC(=O)C(=Cc1ccco1)c1ccncc1. The van der Waals surface area contributed by atoms with Crippen LogP contribution in [0.4, 0.5) is 0 Å². The Hall–Kier alpha value is -2.16. The van der Waals surface area contributed by atoms with E-state index in [1.165, 1.54) is 6.92 Å². The molecule has 0 atom stereocenters. The molecule has 0 aliphatic carbocycles. The van der Waals surface area contributed by atoms with Crippen molar-refractivity contribution in [3.8, 4) is 0 Å². The largest absolute Gasteiger partial charge is 0.465 e. The Bertz CT molecular complexity index is 498. The smallest absolute Gasteiger partial charge is 0.160 e. The highest BCUT2D eigenvalue weighted by Crippen LogP contribution is 2.18. The van der Waals surface area contributed by atoms with Gasteiger partial charge in [-0.25, -0.2) is 0 Å². The van der Waals surface area contributed by atoms with E-state index in [1.807, 2.05) is 6.07 Å². The van der Waals surface area contributed by atoms with Crippen molar-refractivity contribution < 1.29 is 9.21 Å². The quantitative estimate of drug-likeness (QED) is 0.736. The number of aromatic nitrogens is 1. The number of hydrogen-bond acceptors (Lipinski definition) is 3. The monoisotopic (exact) mass is 213 g/mol. The molecule has 3 heteroatoms.